The van der Waals surface area contributed by atoms with E-state index < -0.39 is 5.41 Å². The summed E-state index contributed by atoms with van der Waals surface area (Å²) in [6.45, 7) is 1.80. The van der Waals surface area contributed by atoms with Crippen LogP contribution in [0.3, 0.4) is 0 Å². The molecular weight excluding hydrogens is 308 g/mol. The standard InChI is InChI=1S/C19H22O5/c1-19(11-10-18(23)24-13-12-20,14-2-6-16(21)7-3-14)15-4-8-17(22)9-5-15/h2-9,20-22H,10-13H2,1H3. The normalized spacial score (nSPS) is 11.2. The number of hydrogen-bond acceptors (Lipinski definition) is 5. The van der Waals surface area contributed by atoms with Crippen LogP contribution in [0, 0.1) is 0 Å². The Hall–Kier alpha value is -2.53. The van der Waals surface area contributed by atoms with E-state index in [1.165, 1.54) is 0 Å². The van der Waals surface area contributed by atoms with Gasteiger partial charge >= 0.3 is 5.97 Å². The number of phenols is 2. The first-order valence-electron chi connectivity index (χ1n) is 7.81. The van der Waals surface area contributed by atoms with Crippen molar-refractivity contribution < 1.29 is 24.9 Å². The molecule has 0 atom stereocenters. The van der Waals surface area contributed by atoms with E-state index in [1.807, 2.05) is 31.2 Å². The summed E-state index contributed by atoms with van der Waals surface area (Å²) in [6.07, 6.45) is 0.686. The van der Waals surface area contributed by atoms with Crippen molar-refractivity contribution in [3.05, 3.63) is 59.7 Å². The van der Waals surface area contributed by atoms with Crippen molar-refractivity contribution in [2.45, 2.75) is 25.2 Å². The SMILES string of the molecule is CC(CCC(=O)OCCO)(c1ccc(O)cc1)c1ccc(O)cc1. The van der Waals surface area contributed by atoms with Crippen molar-refractivity contribution in [1.82, 2.24) is 0 Å². The molecule has 0 saturated heterocycles. The summed E-state index contributed by atoms with van der Waals surface area (Å²) in [5, 5.41) is 27.8. The summed E-state index contributed by atoms with van der Waals surface area (Å²) in [5.74, 6) is -0.0174. The minimum atomic E-state index is -0.486. The fraction of sp³-hybridized carbons (Fsp3) is 0.316. The van der Waals surface area contributed by atoms with Gasteiger partial charge in [-0.1, -0.05) is 31.2 Å². The molecule has 2 aromatic carbocycles. The van der Waals surface area contributed by atoms with Gasteiger partial charge in [0.15, 0.2) is 0 Å². The van der Waals surface area contributed by atoms with Crippen LogP contribution in [0.25, 0.3) is 0 Å². The molecule has 128 valence electrons. The number of phenolic OH excluding ortho intramolecular Hbond substituents is 2. The van der Waals surface area contributed by atoms with Gasteiger partial charge in [-0.25, -0.2) is 0 Å². The second-order valence-corrected chi connectivity index (χ2v) is 5.87. The van der Waals surface area contributed by atoms with Gasteiger partial charge in [-0.15, -0.1) is 0 Å². The summed E-state index contributed by atoms with van der Waals surface area (Å²) in [6, 6.07) is 13.7. The number of carbonyl (C=O) groups excluding carboxylic acids is 1. The van der Waals surface area contributed by atoms with Crippen LogP contribution in [-0.2, 0) is 14.9 Å². The Bertz CT molecular complexity index is 616. The number of carbonyl (C=O) groups is 1. The maximum Gasteiger partial charge on any atom is 0.305 e. The summed E-state index contributed by atoms with van der Waals surface area (Å²) in [5.41, 5.74) is 1.40. The third-order valence-corrected chi connectivity index (χ3v) is 4.19. The van der Waals surface area contributed by atoms with E-state index in [4.69, 9.17) is 9.84 Å². The van der Waals surface area contributed by atoms with Crippen molar-refractivity contribution in [3.63, 3.8) is 0 Å². The molecule has 5 nitrogen and oxygen atoms in total. The lowest BCUT2D eigenvalue weighted by molar-refractivity contribution is -0.144. The quantitative estimate of drug-likeness (QED) is 0.680. The van der Waals surface area contributed by atoms with E-state index in [1.54, 1.807) is 24.3 Å². The second-order valence-electron chi connectivity index (χ2n) is 5.87. The van der Waals surface area contributed by atoms with Crippen molar-refractivity contribution in [2.24, 2.45) is 0 Å². The van der Waals surface area contributed by atoms with E-state index in [0.717, 1.165) is 11.1 Å². The predicted octanol–water partition coefficient (Wildman–Crippen LogP) is 2.72. The minimum Gasteiger partial charge on any atom is -0.508 e. The number of esters is 1. The van der Waals surface area contributed by atoms with Gasteiger partial charge in [0.05, 0.1) is 6.61 Å². The molecule has 0 fully saturated rings. The van der Waals surface area contributed by atoms with Gasteiger partial charge in [0.2, 0.25) is 0 Å². The Morgan fingerprint density at radius 2 is 1.42 bits per heavy atom. The zero-order chi connectivity index (χ0) is 17.6. The molecule has 0 amide bonds. The third-order valence-electron chi connectivity index (χ3n) is 4.19. The highest BCUT2D eigenvalue weighted by Crippen LogP contribution is 2.37. The summed E-state index contributed by atoms with van der Waals surface area (Å²) < 4.78 is 4.93. The highest BCUT2D eigenvalue weighted by molar-refractivity contribution is 5.69. The van der Waals surface area contributed by atoms with Gasteiger partial charge in [-0.2, -0.15) is 0 Å². The molecular formula is C19H22O5. The fourth-order valence-electron chi connectivity index (χ4n) is 2.70. The maximum absolute atomic E-state index is 11.8. The van der Waals surface area contributed by atoms with E-state index in [0.29, 0.717) is 6.42 Å². The number of hydrogen-bond donors (Lipinski definition) is 3. The van der Waals surface area contributed by atoms with Gasteiger partial charge < -0.3 is 20.1 Å². The Labute approximate surface area is 141 Å². The topological polar surface area (TPSA) is 87.0 Å². The van der Waals surface area contributed by atoms with Crippen LogP contribution in [-0.4, -0.2) is 34.5 Å². The van der Waals surface area contributed by atoms with Gasteiger partial charge in [-0.05, 0) is 41.8 Å². The van der Waals surface area contributed by atoms with Crippen LogP contribution in [0.2, 0.25) is 0 Å². The maximum atomic E-state index is 11.8. The third kappa shape index (κ3) is 4.26. The molecule has 3 N–H and O–H groups in total. The molecule has 0 spiro atoms. The summed E-state index contributed by atoms with van der Waals surface area (Å²) >= 11 is 0. The van der Waals surface area contributed by atoms with E-state index in [9.17, 15) is 15.0 Å². The number of aliphatic hydroxyl groups is 1. The molecule has 2 rings (SSSR count). The van der Waals surface area contributed by atoms with Crippen molar-refractivity contribution in [3.8, 4) is 11.5 Å². The second kappa shape index (κ2) is 7.84. The number of aliphatic hydroxyl groups excluding tert-OH is 1. The predicted molar refractivity (Wildman–Crippen MR) is 89.9 cm³/mol. The first-order chi connectivity index (χ1) is 11.5. The number of ether oxygens (including phenoxy) is 1. The Morgan fingerprint density at radius 1 is 0.958 bits per heavy atom. The first-order valence-corrected chi connectivity index (χ1v) is 7.81. The fourth-order valence-corrected chi connectivity index (χ4v) is 2.70. The Kier molecular flexibility index (Phi) is 5.82. The van der Waals surface area contributed by atoms with Crippen LogP contribution >= 0.6 is 0 Å². The van der Waals surface area contributed by atoms with Crippen molar-refractivity contribution in [1.29, 1.82) is 0 Å². The lowest BCUT2D eigenvalue weighted by atomic mass is 9.73. The summed E-state index contributed by atoms with van der Waals surface area (Å²) in [4.78, 5) is 11.8. The Balaban J connectivity index is 2.28. The molecule has 0 saturated carbocycles. The van der Waals surface area contributed by atoms with Gasteiger partial charge in [0.1, 0.15) is 18.1 Å². The molecule has 0 unspecified atom stereocenters. The van der Waals surface area contributed by atoms with E-state index in [2.05, 4.69) is 0 Å². The molecule has 0 heterocycles. The molecule has 24 heavy (non-hydrogen) atoms. The lowest BCUT2D eigenvalue weighted by Gasteiger charge is -2.31. The van der Waals surface area contributed by atoms with Gasteiger partial charge in [-0.3, -0.25) is 4.79 Å². The van der Waals surface area contributed by atoms with Crippen LogP contribution in [0.5, 0.6) is 11.5 Å². The Morgan fingerprint density at radius 3 is 1.83 bits per heavy atom. The van der Waals surface area contributed by atoms with Crippen LogP contribution in [0.1, 0.15) is 30.9 Å². The number of rotatable bonds is 7. The van der Waals surface area contributed by atoms with Crippen molar-refractivity contribution >= 4 is 5.97 Å². The highest BCUT2D eigenvalue weighted by Gasteiger charge is 2.30. The first kappa shape index (κ1) is 17.8. The van der Waals surface area contributed by atoms with Crippen LogP contribution in [0.15, 0.2) is 48.5 Å². The monoisotopic (exact) mass is 330 g/mol. The van der Waals surface area contributed by atoms with Crippen LogP contribution < -0.4 is 0 Å². The average molecular weight is 330 g/mol. The molecule has 0 aromatic heterocycles. The van der Waals surface area contributed by atoms with Crippen molar-refractivity contribution in [2.75, 3.05) is 13.2 Å². The highest BCUT2D eigenvalue weighted by atomic mass is 16.5. The molecule has 2 aromatic rings. The molecule has 0 radical (unpaired) electrons. The smallest absolute Gasteiger partial charge is 0.305 e. The molecule has 0 bridgehead atoms. The number of benzene rings is 2. The molecule has 5 heteroatoms. The zero-order valence-corrected chi connectivity index (χ0v) is 13.6. The number of aromatic hydroxyl groups is 2. The van der Waals surface area contributed by atoms with Gasteiger partial charge in [0, 0.05) is 11.8 Å². The zero-order valence-electron chi connectivity index (χ0n) is 13.6. The summed E-state index contributed by atoms with van der Waals surface area (Å²) in [7, 11) is 0. The lowest BCUT2D eigenvalue weighted by Crippen LogP contribution is -2.25. The average Bonchev–Trinajstić information content (AvgIpc) is 2.59. The minimum absolute atomic E-state index is 0.00599. The van der Waals surface area contributed by atoms with E-state index >= 15 is 0 Å². The largest absolute Gasteiger partial charge is 0.508 e. The van der Waals surface area contributed by atoms with E-state index in [-0.39, 0.29) is 37.1 Å². The molecule has 0 aliphatic carbocycles. The van der Waals surface area contributed by atoms with Crippen LogP contribution in [0.4, 0.5) is 0 Å². The van der Waals surface area contributed by atoms with Gasteiger partial charge in [0.25, 0.3) is 0 Å². The molecule has 0 aliphatic rings. The molecule has 0 aliphatic heterocycles.